The van der Waals surface area contributed by atoms with Crippen molar-refractivity contribution in [2.75, 3.05) is 6.54 Å². The molecule has 1 aromatic rings. The molecule has 0 heterocycles. The summed E-state index contributed by atoms with van der Waals surface area (Å²) in [4.78, 5) is 21.6. The van der Waals surface area contributed by atoms with Crippen LogP contribution in [-0.4, -0.2) is 34.9 Å². The summed E-state index contributed by atoms with van der Waals surface area (Å²) in [6.45, 7) is 0.447. The van der Waals surface area contributed by atoms with E-state index in [4.69, 9.17) is 14.9 Å². The van der Waals surface area contributed by atoms with E-state index in [0.717, 1.165) is 5.56 Å². The van der Waals surface area contributed by atoms with Crippen LogP contribution >= 0.6 is 0 Å². The highest BCUT2D eigenvalue weighted by Crippen LogP contribution is 2.00. The van der Waals surface area contributed by atoms with E-state index in [1.807, 2.05) is 30.3 Å². The van der Waals surface area contributed by atoms with Crippen molar-refractivity contribution in [3.8, 4) is 0 Å². The van der Waals surface area contributed by atoms with Gasteiger partial charge in [0.15, 0.2) is 6.10 Å². The van der Waals surface area contributed by atoms with Gasteiger partial charge in [-0.1, -0.05) is 30.3 Å². The average Bonchev–Trinajstić information content (AvgIpc) is 2.42. The zero-order valence-corrected chi connectivity index (χ0v) is 10.4. The van der Waals surface area contributed by atoms with E-state index >= 15 is 0 Å². The molecule has 19 heavy (non-hydrogen) atoms. The minimum Gasteiger partial charge on any atom is -0.479 e. The van der Waals surface area contributed by atoms with Crippen molar-refractivity contribution in [1.82, 2.24) is 5.32 Å². The monoisotopic (exact) mass is 267 g/mol. The first-order chi connectivity index (χ1) is 9.09. The third-order valence-electron chi connectivity index (χ3n) is 2.42. The second kappa shape index (κ2) is 8.10. The molecule has 0 saturated carbocycles. The van der Waals surface area contributed by atoms with Crippen LogP contribution in [0.4, 0.5) is 4.79 Å². The molecule has 1 amide bonds. The fraction of sp³-hybridized carbons (Fsp3) is 0.385. The molecular weight excluding hydrogens is 250 g/mol. The lowest BCUT2D eigenvalue weighted by Gasteiger charge is -2.08. The van der Waals surface area contributed by atoms with Crippen molar-refractivity contribution in [2.45, 2.75) is 25.6 Å². The van der Waals surface area contributed by atoms with E-state index in [1.165, 1.54) is 0 Å². The van der Waals surface area contributed by atoms with E-state index in [1.54, 1.807) is 0 Å². The number of hydrogen-bond acceptors (Lipinski definition) is 4. The van der Waals surface area contributed by atoms with Gasteiger partial charge in [0.05, 0.1) is 0 Å². The quantitative estimate of drug-likeness (QED) is 0.644. The molecule has 0 fully saturated rings. The third-order valence-corrected chi connectivity index (χ3v) is 2.42. The number of hydrogen-bond donors (Lipinski definition) is 3. The number of amides is 1. The fourth-order valence-corrected chi connectivity index (χ4v) is 1.38. The van der Waals surface area contributed by atoms with E-state index in [-0.39, 0.29) is 19.6 Å². The molecule has 0 aliphatic heterocycles. The number of ether oxygens (including phenoxy) is 1. The fourth-order valence-electron chi connectivity index (χ4n) is 1.38. The van der Waals surface area contributed by atoms with Gasteiger partial charge in [0.25, 0.3) is 0 Å². The smallest absolute Gasteiger partial charge is 0.407 e. The van der Waals surface area contributed by atoms with Crippen LogP contribution in [0.5, 0.6) is 0 Å². The largest absolute Gasteiger partial charge is 0.479 e. The Labute approximate surface area is 111 Å². The first-order valence-corrected chi connectivity index (χ1v) is 5.95. The van der Waals surface area contributed by atoms with Crippen LogP contribution in [0.25, 0.3) is 0 Å². The molecule has 3 N–H and O–H groups in total. The topological polar surface area (TPSA) is 95.9 Å². The highest BCUT2D eigenvalue weighted by Gasteiger charge is 2.12. The van der Waals surface area contributed by atoms with Gasteiger partial charge in [0.1, 0.15) is 6.61 Å². The highest BCUT2D eigenvalue weighted by molar-refractivity contribution is 5.71. The summed E-state index contributed by atoms with van der Waals surface area (Å²) in [5.74, 6) is -1.26. The average molecular weight is 267 g/mol. The molecule has 6 heteroatoms. The van der Waals surface area contributed by atoms with Gasteiger partial charge in [0.2, 0.25) is 0 Å². The van der Waals surface area contributed by atoms with Gasteiger partial charge in [-0.2, -0.15) is 0 Å². The maximum absolute atomic E-state index is 11.3. The van der Waals surface area contributed by atoms with Crippen molar-refractivity contribution < 1.29 is 24.5 Å². The Morgan fingerprint density at radius 3 is 2.58 bits per heavy atom. The molecule has 1 aromatic carbocycles. The van der Waals surface area contributed by atoms with Crippen LogP contribution in [0.3, 0.4) is 0 Å². The van der Waals surface area contributed by atoms with Crippen molar-refractivity contribution >= 4 is 12.1 Å². The number of carbonyl (C=O) groups is 2. The van der Waals surface area contributed by atoms with Crippen LogP contribution in [0.2, 0.25) is 0 Å². The summed E-state index contributed by atoms with van der Waals surface area (Å²) in [6, 6.07) is 9.26. The first kappa shape index (κ1) is 15.0. The highest BCUT2D eigenvalue weighted by atomic mass is 16.5. The van der Waals surface area contributed by atoms with E-state index in [0.29, 0.717) is 6.42 Å². The van der Waals surface area contributed by atoms with Crippen LogP contribution in [0, 0.1) is 0 Å². The van der Waals surface area contributed by atoms with Gasteiger partial charge in [-0.3, -0.25) is 0 Å². The normalized spacial score (nSPS) is 11.6. The predicted molar refractivity (Wildman–Crippen MR) is 67.5 cm³/mol. The molecule has 1 rings (SSSR count). The Hall–Kier alpha value is -2.08. The number of carbonyl (C=O) groups excluding carboxylic acids is 1. The molecule has 0 spiro atoms. The summed E-state index contributed by atoms with van der Waals surface area (Å²) in [5, 5.41) is 19.9. The summed E-state index contributed by atoms with van der Waals surface area (Å²) in [7, 11) is 0. The molecule has 104 valence electrons. The number of carboxylic acids is 1. The van der Waals surface area contributed by atoms with Gasteiger partial charge in [-0.05, 0) is 18.4 Å². The van der Waals surface area contributed by atoms with Crippen molar-refractivity contribution in [2.24, 2.45) is 0 Å². The lowest BCUT2D eigenvalue weighted by molar-refractivity contribution is -0.146. The molecule has 0 radical (unpaired) electrons. The molecule has 1 atom stereocenters. The van der Waals surface area contributed by atoms with Gasteiger partial charge < -0.3 is 20.3 Å². The Balaban J connectivity index is 2.10. The Morgan fingerprint density at radius 2 is 1.95 bits per heavy atom. The summed E-state index contributed by atoms with van der Waals surface area (Å²) >= 11 is 0. The summed E-state index contributed by atoms with van der Waals surface area (Å²) in [6.07, 6.45) is -1.49. The SMILES string of the molecule is O=C(NCCC[C@@H](O)C(=O)O)OCc1ccccc1. The number of alkyl carbamates (subject to hydrolysis) is 1. The van der Waals surface area contributed by atoms with E-state index in [9.17, 15) is 9.59 Å². The number of nitrogens with one attached hydrogen (secondary N) is 1. The van der Waals surface area contributed by atoms with Crippen molar-refractivity contribution in [3.05, 3.63) is 35.9 Å². The van der Waals surface area contributed by atoms with E-state index in [2.05, 4.69) is 5.32 Å². The maximum atomic E-state index is 11.3. The predicted octanol–water partition coefficient (Wildman–Crippen LogP) is 1.14. The molecule has 0 aliphatic rings. The van der Waals surface area contributed by atoms with Crippen LogP contribution in [-0.2, 0) is 16.1 Å². The number of aliphatic hydroxyl groups excluding tert-OH is 1. The Morgan fingerprint density at radius 1 is 1.26 bits per heavy atom. The molecule has 0 aliphatic carbocycles. The number of aliphatic hydroxyl groups is 1. The second-order valence-corrected chi connectivity index (χ2v) is 3.98. The Kier molecular flexibility index (Phi) is 6.38. The minimum atomic E-state index is -1.39. The van der Waals surface area contributed by atoms with Crippen molar-refractivity contribution in [1.29, 1.82) is 0 Å². The summed E-state index contributed by atoms with van der Waals surface area (Å²) < 4.78 is 4.95. The number of aliphatic carboxylic acids is 1. The third kappa shape index (κ3) is 6.42. The molecule has 0 bridgehead atoms. The molecular formula is C13H17NO5. The summed E-state index contributed by atoms with van der Waals surface area (Å²) in [5.41, 5.74) is 0.888. The molecule has 6 nitrogen and oxygen atoms in total. The van der Waals surface area contributed by atoms with Gasteiger partial charge in [-0.25, -0.2) is 9.59 Å². The van der Waals surface area contributed by atoms with Gasteiger partial charge in [0, 0.05) is 6.54 Å². The first-order valence-electron chi connectivity index (χ1n) is 5.95. The van der Waals surface area contributed by atoms with Crippen LogP contribution in [0.15, 0.2) is 30.3 Å². The number of benzene rings is 1. The van der Waals surface area contributed by atoms with Crippen LogP contribution in [0.1, 0.15) is 18.4 Å². The van der Waals surface area contributed by atoms with Crippen molar-refractivity contribution in [3.63, 3.8) is 0 Å². The standard InChI is InChI=1S/C13H17NO5/c15-11(12(16)17)7-4-8-14-13(18)19-9-10-5-2-1-3-6-10/h1-3,5-6,11,15H,4,7-9H2,(H,14,18)(H,16,17)/t11-/m1/s1. The lowest BCUT2D eigenvalue weighted by atomic mass is 10.2. The second-order valence-electron chi connectivity index (χ2n) is 3.98. The maximum Gasteiger partial charge on any atom is 0.407 e. The minimum absolute atomic E-state index is 0.0916. The number of rotatable bonds is 7. The zero-order valence-electron chi connectivity index (χ0n) is 10.4. The number of carboxylic acid groups (broad SMARTS) is 1. The van der Waals surface area contributed by atoms with Gasteiger partial charge >= 0.3 is 12.1 Å². The van der Waals surface area contributed by atoms with Gasteiger partial charge in [-0.15, -0.1) is 0 Å². The van der Waals surface area contributed by atoms with E-state index < -0.39 is 18.2 Å². The molecule has 0 aromatic heterocycles. The van der Waals surface area contributed by atoms with Crippen LogP contribution < -0.4 is 5.32 Å². The zero-order chi connectivity index (χ0) is 14.1. The molecule has 0 saturated heterocycles. The molecule has 0 unspecified atom stereocenters. The lowest BCUT2D eigenvalue weighted by Crippen LogP contribution is -2.27. The Bertz CT molecular complexity index is 407.